The highest BCUT2D eigenvalue weighted by Gasteiger charge is 2.10. The van der Waals surface area contributed by atoms with Crippen LogP contribution in [0.3, 0.4) is 0 Å². The first kappa shape index (κ1) is 11.0. The number of aromatic hydroxyl groups is 1. The van der Waals surface area contributed by atoms with Crippen molar-refractivity contribution >= 4 is 22.5 Å². The SMILES string of the molecule is CCc1nc(Cl)nc2cc(O)c(OC)cc12. The summed E-state index contributed by atoms with van der Waals surface area (Å²) in [5.74, 6) is 0.458. The number of benzene rings is 1. The van der Waals surface area contributed by atoms with Gasteiger partial charge in [-0.05, 0) is 24.1 Å². The summed E-state index contributed by atoms with van der Waals surface area (Å²) in [6.45, 7) is 1.98. The predicted octanol–water partition coefficient (Wildman–Crippen LogP) is 2.56. The zero-order valence-electron chi connectivity index (χ0n) is 8.99. The third-order valence-corrected chi connectivity index (χ3v) is 2.55. The molecule has 0 aliphatic heterocycles. The van der Waals surface area contributed by atoms with Gasteiger partial charge in [-0.25, -0.2) is 9.97 Å². The molecule has 0 radical (unpaired) electrons. The summed E-state index contributed by atoms with van der Waals surface area (Å²) in [5, 5.41) is 10.7. The molecular formula is C11H11ClN2O2. The topological polar surface area (TPSA) is 55.2 Å². The third kappa shape index (κ3) is 1.76. The summed E-state index contributed by atoms with van der Waals surface area (Å²) in [7, 11) is 1.50. The minimum atomic E-state index is 0.0480. The highest BCUT2D eigenvalue weighted by molar-refractivity contribution is 6.28. The van der Waals surface area contributed by atoms with Crippen LogP contribution in [0.4, 0.5) is 0 Å². The van der Waals surface area contributed by atoms with Crippen molar-refractivity contribution in [2.45, 2.75) is 13.3 Å². The Labute approximate surface area is 97.9 Å². The van der Waals surface area contributed by atoms with Crippen molar-refractivity contribution in [2.75, 3.05) is 7.11 Å². The van der Waals surface area contributed by atoms with Crippen molar-refractivity contribution in [1.29, 1.82) is 0 Å². The van der Waals surface area contributed by atoms with Gasteiger partial charge in [-0.2, -0.15) is 0 Å². The van der Waals surface area contributed by atoms with Crippen LogP contribution in [0.25, 0.3) is 10.9 Å². The van der Waals surface area contributed by atoms with Gasteiger partial charge in [-0.15, -0.1) is 0 Å². The standard InChI is InChI=1S/C11H11ClN2O2/c1-3-7-6-4-10(16-2)9(15)5-8(6)14-11(12)13-7/h4-5,15H,3H2,1-2H3. The Bertz CT molecular complexity index is 543. The predicted molar refractivity (Wildman–Crippen MR) is 62.1 cm³/mol. The van der Waals surface area contributed by atoms with Crippen LogP contribution in [0.2, 0.25) is 5.28 Å². The quantitative estimate of drug-likeness (QED) is 0.817. The molecule has 0 saturated carbocycles. The number of ether oxygens (including phenoxy) is 1. The number of aryl methyl sites for hydroxylation is 1. The average molecular weight is 239 g/mol. The van der Waals surface area contributed by atoms with Crippen LogP contribution in [0.1, 0.15) is 12.6 Å². The van der Waals surface area contributed by atoms with E-state index in [9.17, 15) is 5.11 Å². The highest BCUT2D eigenvalue weighted by atomic mass is 35.5. The maximum atomic E-state index is 9.63. The molecule has 1 heterocycles. The molecule has 2 rings (SSSR count). The number of hydrogen-bond donors (Lipinski definition) is 1. The summed E-state index contributed by atoms with van der Waals surface area (Å²) in [6, 6.07) is 3.25. The van der Waals surface area contributed by atoms with Gasteiger partial charge in [-0.3, -0.25) is 0 Å². The van der Waals surface area contributed by atoms with Crippen LogP contribution < -0.4 is 4.74 Å². The zero-order chi connectivity index (χ0) is 11.7. The van der Waals surface area contributed by atoms with Gasteiger partial charge < -0.3 is 9.84 Å². The Hall–Kier alpha value is -1.55. The van der Waals surface area contributed by atoms with Gasteiger partial charge in [0.25, 0.3) is 0 Å². The van der Waals surface area contributed by atoms with Crippen LogP contribution in [-0.2, 0) is 6.42 Å². The Kier molecular flexibility index (Phi) is 2.83. The smallest absolute Gasteiger partial charge is 0.223 e. The van der Waals surface area contributed by atoms with Crippen molar-refractivity contribution in [3.05, 3.63) is 23.1 Å². The van der Waals surface area contributed by atoms with Crippen LogP contribution in [0.15, 0.2) is 12.1 Å². The Morgan fingerprint density at radius 3 is 2.75 bits per heavy atom. The molecule has 0 aliphatic rings. The molecule has 0 aliphatic carbocycles. The molecule has 0 fully saturated rings. The molecule has 4 nitrogen and oxygen atoms in total. The van der Waals surface area contributed by atoms with E-state index in [2.05, 4.69) is 9.97 Å². The monoisotopic (exact) mass is 238 g/mol. The van der Waals surface area contributed by atoms with Crippen LogP contribution >= 0.6 is 11.6 Å². The maximum Gasteiger partial charge on any atom is 0.223 e. The maximum absolute atomic E-state index is 9.63. The fraction of sp³-hybridized carbons (Fsp3) is 0.273. The van der Waals surface area contributed by atoms with Crippen molar-refractivity contribution in [2.24, 2.45) is 0 Å². The number of rotatable bonds is 2. The van der Waals surface area contributed by atoms with E-state index in [1.807, 2.05) is 6.92 Å². The molecule has 1 N–H and O–H groups in total. The second kappa shape index (κ2) is 4.14. The lowest BCUT2D eigenvalue weighted by atomic mass is 10.1. The molecule has 0 unspecified atom stereocenters. The van der Waals surface area contributed by atoms with E-state index < -0.39 is 0 Å². The lowest BCUT2D eigenvalue weighted by molar-refractivity contribution is 0.374. The van der Waals surface area contributed by atoms with Crippen LogP contribution in [-0.4, -0.2) is 22.2 Å². The first-order chi connectivity index (χ1) is 7.65. The summed E-state index contributed by atoms with van der Waals surface area (Å²) >= 11 is 5.79. The first-order valence-corrected chi connectivity index (χ1v) is 5.26. The van der Waals surface area contributed by atoms with E-state index in [-0.39, 0.29) is 11.0 Å². The molecule has 0 atom stereocenters. The molecule has 84 valence electrons. The number of phenols is 1. The van der Waals surface area contributed by atoms with E-state index in [1.165, 1.54) is 13.2 Å². The number of methoxy groups -OCH3 is 1. The van der Waals surface area contributed by atoms with Gasteiger partial charge in [-0.1, -0.05) is 6.92 Å². The largest absolute Gasteiger partial charge is 0.504 e. The molecule has 1 aromatic heterocycles. The molecule has 1 aromatic carbocycles. The lowest BCUT2D eigenvalue weighted by Crippen LogP contribution is -1.95. The van der Waals surface area contributed by atoms with Crippen molar-refractivity contribution in [3.8, 4) is 11.5 Å². The van der Waals surface area contributed by atoms with Crippen molar-refractivity contribution in [1.82, 2.24) is 9.97 Å². The third-order valence-electron chi connectivity index (χ3n) is 2.38. The second-order valence-electron chi connectivity index (χ2n) is 3.33. The Balaban J connectivity index is 2.79. The molecular weight excluding hydrogens is 228 g/mol. The minimum Gasteiger partial charge on any atom is -0.504 e. The summed E-state index contributed by atoms with van der Waals surface area (Å²) in [6.07, 6.45) is 0.743. The number of halogens is 1. The lowest BCUT2D eigenvalue weighted by Gasteiger charge is -2.08. The second-order valence-corrected chi connectivity index (χ2v) is 3.67. The number of nitrogens with zero attached hydrogens (tertiary/aromatic N) is 2. The number of phenolic OH excluding ortho intramolecular Hbond substituents is 1. The molecule has 0 bridgehead atoms. The van der Waals surface area contributed by atoms with Gasteiger partial charge in [0.15, 0.2) is 11.5 Å². The number of fused-ring (bicyclic) bond motifs is 1. The van der Waals surface area contributed by atoms with Gasteiger partial charge in [0.05, 0.1) is 18.3 Å². The summed E-state index contributed by atoms with van der Waals surface area (Å²) < 4.78 is 5.04. The van der Waals surface area contributed by atoms with Gasteiger partial charge in [0, 0.05) is 11.5 Å². The summed E-state index contributed by atoms with van der Waals surface area (Å²) in [5.41, 5.74) is 1.46. The van der Waals surface area contributed by atoms with Gasteiger partial charge in [0.2, 0.25) is 5.28 Å². The fourth-order valence-electron chi connectivity index (χ4n) is 1.61. The van der Waals surface area contributed by atoms with Gasteiger partial charge in [0.1, 0.15) is 0 Å². The fourth-order valence-corrected chi connectivity index (χ4v) is 1.80. The van der Waals surface area contributed by atoms with E-state index in [4.69, 9.17) is 16.3 Å². The molecule has 2 aromatic rings. The van der Waals surface area contributed by atoms with Crippen molar-refractivity contribution in [3.63, 3.8) is 0 Å². The van der Waals surface area contributed by atoms with E-state index >= 15 is 0 Å². The normalized spacial score (nSPS) is 10.7. The van der Waals surface area contributed by atoms with Crippen LogP contribution in [0, 0.1) is 0 Å². The average Bonchev–Trinajstić information content (AvgIpc) is 2.26. The molecule has 0 saturated heterocycles. The first-order valence-electron chi connectivity index (χ1n) is 4.88. The molecule has 16 heavy (non-hydrogen) atoms. The van der Waals surface area contributed by atoms with Gasteiger partial charge >= 0.3 is 0 Å². The minimum absolute atomic E-state index is 0.0480. The molecule has 5 heteroatoms. The van der Waals surface area contributed by atoms with Crippen LogP contribution in [0.5, 0.6) is 11.5 Å². The van der Waals surface area contributed by atoms with Crippen molar-refractivity contribution < 1.29 is 9.84 Å². The molecule has 0 spiro atoms. The van der Waals surface area contributed by atoms with E-state index in [1.54, 1.807) is 6.07 Å². The van der Waals surface area contributed by atoms with E-state index in [0.717, 1.165) is 17.5 Å². The highest BCUT2D eigenvalue weighted by Crippen LogP contribution is 2.32. The summed E-state index contributed by atoms with van der Waals surface area (Å²) in [4.78, 5) is 8.20. The zero-order valence-corrected chi connectivity index (χ0v) is 9.75. The number of hydrogen-bond acceptors (Lipinski definition) is 4. The Morgan fingerprint density at radius 2 is 2.12 bits per heavy atom. The molecule has 0 amide bonds. The Morgan fingerprint density at radius 1 is 1.38 bits per heavy atom. The van der Waals surface area contributed by atoms with E-state index in [0.29, 0.717) is 11.3 Å². The number of aromatic nitrogens is 2.